The molecule has 1 N–H and O–H groups in total. The van der Waals surface area contributed by atoms with Crippen LogP contribution in [0, 0.1) is 5.92 Å². The molecule has 5 heteroatoms. The molecule has 1 fully saturated rings. The van der Waals surface area contributed by atoms with Crippen LogP contribution in [0.3, 0.4) is 0 Å². The third-order valence-electron chi connectivity index (χ3n) is 3.49. The quantitative estimate of drug-likeness (QED) is 0.841. The average Bonchev–Trinajstić information content (AvgIpc) is 2.87. The summed E-state index contributed by atoms with van der Waals surface area (Å²) in [5, 5.41) is 7.35. The normalized spacial score (nSPS) is 19.0. The van der Waals surface area contributed by atoms with Crippen molar-refractivity contribution in [3.8, 4) is 0 Å². The fourth-order valence-electron chi connectivity index (χ4n) is 2.36. The number of ether oxygens (including phenoxy) is 1. The molecule has 18 heavy (non-hydrogen) atoms. The highest BCUT2D eigenvalue weighted by Crippen LogP contribution is 2.19. The number of piperidine rings is 1. The van der Waals surface area contributed by atoms with Crippen molar-refractivity contribution < 1.29 is 9.26 Å². The Balaban J connectivity index is 1.79. The van der Waals surface area contributed by atoms with Crippen LogP contribution in [-0.4, -0.2) is 29.8 Å². The molecule has 1 aromatic heterocycles. The van der Waals surface area contributed by atoms with Gasteiger partial charge in [0.05, 0.1) is 0 Å². The maximum absolute atomic E-state index is 5.44. The van der Waals surface area contributed by atoms with Gasteiger partial charge < -0.3 is 14.6 Å². The molecule has 1 aromatic rings. The summed E-state index contributed by atoms with van der Waals surface area (Å²) in [6.07, 6.45) is 4.47. The van der Waals surface area contributed by atoms with Gasteiger partial charge in [-0.1, -0.05) is 5.16 Å². The Morgan fingerprint density at radius 3 is 2.94 bits per heavy atom. The maximum Gasteiger partial charge on any atom is 0.226 e. The van der Waals surface area contributed by atoms with Gasteiger partial charge in [0.15, 0.2) is 5.82 Å². The van der Waals surface area contributed by atoms with Crippen molar-refractivity contribution in [2.45, 2.75) is 45.6 Å². The maximum atomic E-state index is 5.44. The summed E-state index contributed by atoms with van der Waals surface area (Å²) in [6.45, 7) is 6.86. The van der Waals surface area contributed by atoms with Crippen LogP contribution in [0.2, 0.25) is 0 Å². The SMILES string of the molecule is CCOC(C)c1noc(CCC2CCNCC2)n1. The first-order chi connectivity index (χ1) is 8.79. The molecule has 1 saturated heterocycles. The monoisotopic (exact) mass is 253 g/mol. The van der Waals surface area contributed by atoms with Crippen molar-refractivity contribution in [1.82, 2.24) is 15.5 Å². The first-order valence-electron chi connectivity index (χ1n) is 6.94. The highest BCUT2D eigenvalue weighted by molar-refractivity contribution is 4.90. The molecule has 0 amide bonds. The first-order valence-corrected chi connectivity index (χ1v) is 6.94. The average molecular weight is 253 g/mol. The van der Waals surface area contributed by atoms with Crippen LogP contribution in [0.5, 0.6) is 0 Å². The molecule has 102 valence electrons. The van der Waals surface area contributed by atoms with Gasteiger partial charge in [-0.25, -0.2) is 0 Å². The van der Waals surface area contributed by atoms with E-state index < -0.39 is 0 Å². The summed E-state index contributed by atoms with van der Waals surface area (Å²) >= 11 is 0. The number of rotatable bonds is 6. The molecule has 0 radical (unpaired) electrons. The van der Waals surface area contributed by atoms with Crippen LogP contribution < -0.4 is 5.32 Å². The Bertz CT molecular complexity index is 348. The summed E-state index contributed by atoms with van der Waals surface area (Å²) in [5.41, 5.74) is 0. The lowest BCUT2D eigenvalue weighted by Gasteiger charge is -2.21. The first kappa shape index (κ1) is 13.5. The van der Waals surface area contributed by atoms with E-state index in [1.807, 2.05) is 13.8 Å². The van der Waals surface area contributed by atoms with Crippen molar-refractivity contribution in [3.63, 3.8) is 0 Å². The van der Waals surface area contributed by atoms with Crippen molar-refractivity contribution >= 4 is 0 Å². The lowest BCUT2D eigenvalue weighted by Crippen LogP contribution is -2.27. The molecule has 0 aromatic carbocycles. The summed E-state index contributed by atoms with van der Waals surface area (Å²) in [7, 11) is 0. The molecule has 2 heterocycles. The predicted molar refractivity (Wildman–Crippen MR) is 68.3 cm³/mol. The zero-order chi connectivity index (χ0) is 12.8. The Morgan fingerprint density at radius 1 is 1.44 bits per heavy atom. The summed E-state index contributed by atoms with van der Waals surface area (Å²) in [5.74, 6) is 2.21. The summed E-state index contributed by atoms with van der Waals surface area (Å²) in [6, 6.07) is 0. The molecule has 0 bridgehead atoms. The molecule has 0 spiro atoms. The van der Waals surface area contributed by atoms with Crippen LogP contribution in [0.25, 0.3) is 0 Å². The van der Waals surface area contributed by atoms with Crippen LogP contribution in [0.4, 0.5) is 0 Å². The molecule has 1 aliphatic rings. The number of aryl methyl sites for hydroxylation is 1. The van der Waals surface area contributed by atoms with E-state index in [4.69, 9.17) is 9.26 Å². The lowest BCUT2D eigenvalue weighted by atomic mass is 9.93. The van der Waals surface area contributed by atoms with Gasteiger partial charge in [-0.05, 0) is 52.1 Å². The van der Waals surface area contributed by atoms with E-state index in [-0.39, 0.29) is 6.10 Å². The van der Waals surface area contributed by atoms with E-state index in [1.54, 1.807) is 0 Å². The fourth-order valence-corrected chi connectivity index (χ4v) is 2.36. The highest BCUT2D eigenvalue weighted by Gasteiger charge is 2.17. The zero-order valence-corrected chi connectivity index (χ0v) is 11.3. The van der Waals surface area contributed by atoms with E-state index in [2.05, 4.69) is 15.5 Å². The Morgan fingerprint density at radius 2 is 2.22 bits per heavy atom. The topological polar surface area (TPSA) is 60.2 Å². The Labute approximate surface area is 108 Å². The van der Waals surface area contributed by atoms with Crippen molar-refractivity contribution in [2.75, 3.05) is 19.7 Å². The molecule has 1 aliphatic heterocycles. The van der Waals surface area contributed by atoms with E-state index in [0.29, 0.717) is 12.4 Å². The highest BCUT2D eigenvalue weighted by atomic mass is 16.5. The van der Waals surface area contributed by atoms with E-state index in [1.165, 1.54) is 12.8 Å². The van der Waals surface area contributed by atoms with Crippen LogP contribution in [-0.2, 0) is 11.2 Å². The molecule has 1 unspecified atom stereocenters. The Hall–Kier alpha value is -0.940. The number of nitrogens with one attached hydrogen (secondary N) is 1. The molecule has 1 atom stereocenters. The molecular weight excluding hydrogens is 230 g/mol. The molecule has 0 aliphatic carbocycles. The summed E-state index contributed by atoms with van der Waals surface area (Å²) < 4.78 is 10.7. The molecule has 0 saturated carbocycles. The number of hydrogen-bond acceptors (Lipinski definition) is 5. The number of aromatic nitrogens is 2. The van der Waals surface area contributed by atoms with Crippen LogP contribution in [0.15, 0.2) is 4.52 Å². The van der Waals surface area contributed by atoms with Crippen molar-refractivity contribution in [1.29, 1.82) is 0 Å². The van der Waals surface area contributed by atoms with Gasteiger partial charge in [0.25, 0.3) is 0 Å². The van der Waals surface area contributed by atoms with Gasteiger partial charge in [-0.3, -0.25) is 0 Å². The molecular formula is C13H23N3O2. The summed E-state index contributed by atoms with van der Waals surface area (Å²) in [4.78, 5) is 4.39. The van der Waals surface area contributed by atoms with Gasteiger partial charge in [-0.2, -0.15) is 4.98 Å². The predicted octanol–water partition coefficient (Wildman–Crippen LogP) is 2.10. The zero-order valence-electron chi connectivity index (χ0n) is 11.3. The smallest absolute Gasteiger partial charge is 0.226 e. The molecule has 2 rings (SSSR count). The minimum Gasteiger partial charge on any atom is -0.371 e. The largest absolute Gasteiger partial charge is 0.371 e. The van der Waals surface area contributed by atoms with Gasteiger partial charge in [0, 0.05) is 13.0 Å². The standard InChI is InChI=1S/C13H23N3O2/c1-3-17-10(2)13-15-12(18-16-13)5-4-11-6-8-14-9-7-11/h10-11,14H,3-9H2,1-2H3. The Kier molecular flexibility index (Phi) is 5.13. The van der Waals surface area contributed by atoms with Gasteiger partial charge in [0.2, 0.25) is 5.89 Å². The van der Waals surface area contributed by atoms with Crippen LogP contribution >= 0.6 is 0 Å². The second kappa shape index (κ2) is 6.85. The van der Waals surface area contributed by atoms with E-state index in [0.717, 1.165) is 37.7 Å². The van der Waals surface area contributed by atoms with Gasteiger partial charge in [0.1, 0.15) is 6.10 Å². The van der Waals surface area contributed by atoms with Crippen molar-refractivity contribution in [2.24, 2.45) is 5.92 Å². The van der Waals surface area contributed by atoms with Gasteiger partial charge in [-0.15, -0.1) is 0 Å². The van der Waals surface area contributed by atoms with Gasteiger partial charge >= 0.3 is 0 Å². The lowest BCUT2D eigenvalue weighted by molar-refractivity contribution is 0.0683. The molecule has 5 nitrogen and oxygen atoms in total. The fraction of sp³-hybridized carbons (Fsp3) is 0.846. The van der Waals surface area contributed by atoms with E-state index >= 15 is 0 Å². The number of hydrogen-bond donors (Lipinski definition) is 1. The second-order valence-electron chi connectivity index (χ2n) is 4.88. The second-order valence-corrected chi connectivity index (χ2v) is 4.88. The minimum atomic E-state index is -0.0774. The van der Waals surface area contributed by atoms with E-state index in [9.17, 15) is 0 Å². The third kappa shape index (κ3) is 3.78. The number of nitrogens with zero attached hydrogens (tertiary/aromatic N) is 2. The van der Waals surface area contributed by atoms with Crippen LogP contribution in [0.1, 0.15) is 50.9 Å². The van der Waals surface area contributed by atoms with Crippen molar-refractivity contribution in [3.05, 3.63) is 11.7 Å². The minimum absolute atomic E-state index is 0.0774. The third-order valence-corrected chi connectivity index (χ3v) is 3.49.